The van der Waals surface area contributed by atoms with E-state index in [-0.39, 0.29) is 11.3 Å². The highest BCUT2D eigenvalue weighted by molar-refractivity contribution is 5.97. The van der Waals surface area contributed by atoms with Gasteiger partial charge in [-0.1, -0.05) is 30.3 Å². The monoisotopic (exact) mass is 315 g/mol. The second kappa shape index (κ2) is 7.31. The molecule has 0 unspecified atom stereocenters. The molecule has 0 aliphatic rings. The van der Waals surface area contributed by atoms with Gasteiger partial charge in [-0.25, -0.2) is 9.59 Å². The maximum absolute atomic E-state index is 12.4. The van der Waals surface area contributed by atoms with Gasteiger partial charge in [0, 0.05) is 11.3 Å². The SMILES string of the molecule is COC(=O)[C@@H](OC(=O)c1cc(OC)ccc1N)c1ccccc1. The summed E-state index contributed by atoms with van der Waals surface area (Å²) in [6.45, 7) is 0. The molecule has 2 rings (SSSR count). The third kappa shape index (κ3) is 3.79. The van der Waals surface area contributed by atoms with Crippen molar-refractivity contribution in [1.29, 1.82) is 0 Å². The first-order valence-electron chi connectivity index (χ1n) is 6.84. The molecule has 23 heavy (non-hydrogen) atoms. The summed E-state index contributed by atoms with van der Waals surface area (Å²) < 4.78 is 15.1. The van der Waals surface area contributed by atoms with E-state index in [1.807, 2.05) is 0 Å². The molecule has 0 fully saturated rings. The van der Waals surface area contributed by atoms with Crippen molar-refractivity contribution in [1.82, 2.24) is 0 Å². The quantitative estimate of drug-likeness (QED) is 0.673. The Hall–Kier alpha value is -3.02. The number of ether oxygens (including phenoxy) is 3. The summed E-state index contributed by atoms with van der Waals surface area (Å²) in [6.07, 6.45) is -1.17. The molecule has 0 saturated heterocycles. The first kappa shape index (κ1) is 16.4. The van der Waals surface area contributed by atoms with E-state index >= 15 is 0 Å². The molecular weight excluding hydrogens is 298 g/mol. The highest BCUT2D eigenvalue weighted by Crippen LogP contribution is 2.25. The Morgan fingerprint density at radius 3 is 2.35 bits per heavy atom. The molecule has 0 amide bonds. The van der Waals surface area contributed by atoms with E-state index in [1.54, 1.807) is 36.4 Å². The molecule has 0 bridgehead atoms. The number of nitrogen functional groups attached to an aromatic ring is 1. The first-order valence-corrected chi connectivity index (χ1v) is 6.84. The summed E-state index contributed by atoms with van der Waals surface area (Å²) in [5, 5.41) is 0. The third-order valence-electron chi connectivity index (χ3n) is 3.22. The standard InChI is InChI=1S/C17H17NO5/c1-21-12-8-9-14(18)13(10-12)16(19)23-15(17(20)22-2)11-6-4-3-5-7-11/h3-10,15H,18H2,1-2H3/t15-/m0/s1. The van der Waals surface area contributed by atoms with Gasteiger partial charge in [0.2, 0.25) is 6.10 Å². The van der Waals surface area contributed by atoms with E-state index in [0.717, 1.165) is 0 Å². The van der Waals surface area contributed by atoms with Crippen LogP contribution in [0.4, 0.5) is 5.69 Å². The molecule has 2 N–H and O–H groups in total. The number of methoxy groups -OCH3 is 2. The molecule has 2 aromatic rings. The second-order valence-corrected chi connectivity index (χ2v) is 4.67. The fraction of sp³-hybridized carbons (Fsp3) is 0.176. The van der Waals surface area contributed by atoms with Crippen LogP contribution in [0.25, 0.3) is 0 Å². The van der Waals surface area contributed by atoms with Crippen molar-refractivity contribution >= 4 is 17.6 Å². The summed E-state index contributed by atoms with van der Waals surface area (Å²) in [4.78, 5) is 24.3. The smallest absolute Gasteiger partial charge is 0.351 e. The Labute approximate surface area is 133 Å². The van der Waals surface area contributed by atoms with Crippen molar-refractivity contribution in [2.45, 2.75) is 6.10 Å². The lowest BCUT2D eigenvalue weighted by Gasteiger charge is -2.17. The summed E-state index contributed by atoms with van der Waals surface area (Å²) in [5.74, 6) is -0.952. The number of carbonyl (C=O) groups excluding carboxylic acids is 2. The van der Waals surface area contributed by atoms with Gasteiger partial charge < -0.3 is 19.9 Å². The number of carbonyl (C=O) groups is 2. The Kier molecular flexibility index (Phi) is 5.19. The molecule has 6 heteroatoms. The molecule has 0 aromatic heterocycles. The van der Waals surface area contributed by atoms with Crippen LogP contribution in [0.5, 0.6) is 5.75 Å². The Bertz CT molecular complexity index is 699. The van der Waals surface area contributed by atoms with E-state index in [9.17, 15) is 9.59 Å². The number of nitrogens with two attached hydrogens (primary N) is 1. The van der Waals surface area contributed by atoms with E-state index in [2.05, 4.69) is 0 Å². The zero-order valence-electron chi connectivity index (χ0n) is 12.8. The number of rotatable bonds is 5. The topological polar surface area (TPSA) is 87.8 Å². The average molecular weight is 315 g/mol. The Morgan fingerprint density at radius 1 is 1.04 bits per heavy atom. The van der Waals surface area contributed by atoms with Gasteiger partial charge in [-0.3, -0.25) is 0 Å². The first-order chi connectivity index (χ1) is 11.1. The molecule has 0 radical (unpaired) electrons. The number of hydrogen-bond acceptors (Lipinski definition) is 6. The van der Waals surface area contributed by atoms with E-state index in [0.29, 0.717) is 11.3 Å². The normalized spacial score (nSPS) is 11.4. The molecule has 0 aliphatic carbocycles. The zero-order valence-corrected chi connectivity index (χ0v) is 12.8. The van der Waals surface area contributed by atoms with Gasteiger partial charge in [0.25, 0.3) is 0 Å². The van der Waals surface area contributed by atoms with Gasteiger partial charge in [-0.15, -0.1) is 0 Å². The molecule has 1 atom stereocenters. The minimum Gasteiger partial charge on any atom is -0.497 e. The molecular formula is C17H17NO5. The van der Waals surface area contributed by atoms with Gasteiger partial charge in [-0.2, -0.15) is 0 Å². The van der Waals surface area contributed by atoms with Crippen LogP contribution in [0, 0.1) is 0 Å². The summed E-state index contributed by atoms with van der Waals surface area (Å²) in [6, 6.07) is 13.2. The van der Waals surface area contributed by atoms with Crippen molar-refractivity contribution in [3.63, 3.8) is 0 Å². The number of anilines is 1. The molecule has 6 nitrogen and oxygen atoms in total. The minimum absolute atomic E-state index is 0.120. The fourth-order valence-corrected chi connectivity index (χ4v) is 2.00. The largest absolute Gasteiger partial charge is 0.497 e. The minimum atomic E-state index is -1.17. The maximum atomic E-state index is 12.4. The fourth-order valence-electron chi connectivity index (χ4n) is 2.00. The van der Waals surface area contributed by atoms with Crippen LogP contribution in [0.2, 0.25) is 0 Å². The Balaban J connectivity index is 2.30. The van der Waals surface area contributed by atoms with Gasteiger partial charge >= 0.3 is 11.9 Å². The lowest BCUT2D eigenvalue weighted by molar-refractivity contribution is -0.151. The number of benzene rings is 2. The van der Waals surface area contributed by atoms with Crippen LogP contribution in [0.3, 0.4) is 0 Å². The molecule has 0 heterocycles. The summed E-state index contributed by atoms with van der Waals surface area (Å²) in [7, 11) is 2.70. The molecule has 0 spiro atoms. The van der Waals surface area contributed by atoms with Crippen molar-refractivity contribution in [3.05, 3.63) is 59.7 Å². The van der Waals surface area contributed by atoms with Crippen molar-refractivity contribution < 1.29 is 23.8 Å². The Morgan fingerprint density at radius 2 is 1.74 bits per heavy atom. The van der Waals surface area contributed by atoms with Gasteiger partial charge in [0.1, 0.15) is 5.75 Å². The molecule has 120 valence electrons. The maximum Gasteiger partial charge on any atom is 0.351 e. The zero-order chi connectivity index (χ0) is 16.8. The van der Waals surface area contributed by atoms with Gasteiger partial charge in [0.15, 0.2) is 0 Å². The molecule has 2 aromatic carbocycles. The van der Waals surface area contributed by atoms with Crippen molar-refractivity contribution in [2.24, 2.45) is 0 Å². The lowest BCUT2D eigenvalue weighted by atomic mass is 10.1. The lowest BCUT2D eigenvalue weighted by Crippen LogP contribution is -2.21. The van der Waals surface area contributed by atoms with Crippen LogP contribution in [0.1, 0.15) is 22.0 Å². The van der Waals surface area contributed by atoms with Crippen molar-refractivity contribution in [3.8, 4) is 5.75 Å². The number of esters is 2. The average Bonchev–Trinajstić information content (AvgIpc) is 2.60. The van der Waals surface area contributed by atoms with Gasteiger partial charge in [0.05, 0.1) is 19.8 Å². The summed E-state index contributed by atoms with van der Waals surface area (Å²) in [5.41, 5.74) is 6.65. The van der Waals surface area contributed by atoms with Gasteiger partial charge in [-0.05, 0) is 18.2 Å². The van der Waals surface area contributed by atoms with Crippen LogP contribution in [-0.4, -0.2) is 26.2 Å². The van der Waals surface area contributed by atoms with Crippen LogP contribution >= 0.6 is 0 Å². The van der Waals surface area contributed by atoms with Crippen LogP contribution in [-0.2, 0) is 14.3 Å². The summed E-state index contributed by atoms with van der Waals surface area (Å²) >= 11 is 0. The molecule has 0 saturated carbocycles. The van der Waals surface area contributed by atoms with E-state index in [4.69, 9.17) is 19.9 Å². The van der Waals surface area contributed by atoms with Crippen LogP contribution < -0.4 is 10.5 Å². The van der Waals surface area contributed by atoms with E-state index < -0.39 is 18.0 Å². The van der Waals surface area contributed by atoms with Crippen molar-refractivity contribution in [2.75, 3.05) is 20.0 Å². The second-order valence-electron chi connectivity index (χ2n) is 4.67. The van der Waals surface area contributed by atoms with E-state index in [1.165, 1.54) is 26.4 Å². The molecule has 0 aliphatic heterocycles. The predicted molar refractivity (Wildman–Crippen MR) is 84.0 cm³/mol. The highest BCUT2D eigenvalue weighted by Gasteiger charge is 2.27. The van der Waals surface area contributed by atoms with Crippen LogP contribution in [0.15, 0.2) is 48.5 Å². The predicted octanol–water partition coefficient (Wildman–Crippen LogP) is 2.35. The highest BCUT2D eigenvalue weighted by atomic mass is 16.6. The number of hydrogen-bond donors (Lipinski definition) is 1. The third-order valence-corrected chi connectivity index (χ3v) is 3.22.